The molecule has 1 saturated carbocycles. The van der Waals surface area contributed by atoms with E-state index < -0.39 is 0 Å². The van der Waals surface area contributed by atoms with Crippen LogP contribution in [-0.2, 0) is 4.79 Å². The van der Waals surface area contributed by atoms with Crippen LogP contribution in [0.4, 0.5) is 5.13 Å². The Labute approximate surface area is 144 Å². The third-order valence-corrected chi connectivity index (χ3v) is 5.25. The molecule has 7 heteroatoms. The number of nitrogens with two attached hydrogens (primary N) is 1. The fourth-order valence-corrected chi connectivity index (χ4v) is 3.92. The molecule has 24 heavy (non-hydrogen) atoms. The summed E-state index contributed by atoms with van der Waals surface area (Å²) in [5.74, 6) is 1.49. The zero-order chi connectivity index (χ0) is 16.5. The topological polar surface area (TPSA) is 86.5 Å². The number of carbonyl (C=O) groups is 1. The first-order valence-corrected chi connectivity index (χ1v) is 8.99. The minimum Gasteiger partial charge on any atom is -0.454 e. The van der Waals surface area contributed by atoms with E-state index in [0.717, 1.165) is 48.4 Å². The van der Waals surface area contributed by atoms with Crippen LogP contribution in [0, 0.1) is 5.92 Å². The molecule has 1 fully saturated rings. The maximum absolute atomic E-state index is 12.4. The smallest absolute Gasteiger partial charge is 0.231 e. The predicted octanol–water partition coefficient (Wildman–Crippen LogP) is 2.99. The molecule has 126 valence electrons. The van der Waals surface area contributed by atoms with Crippen LogP contribution in [-0.4, -0.2) is 23.7 Å². The van der Waals surface area contributed by atoms with Gasteiger partial charge in [0.1, 0.15) is 0 Å². The molecule has 2 unspecified atom stereocenters. The second-order valence-electron chi connectivity index (χ2n) is 6.22. The minimum absolute atomic E-state index is 0.00774. The van der Waals surface area contributed by atoms with Crippen LogP contribution >= 0.6 is 11.3 Å². The van der Waals surface area contributed by atoms with Crippen molar-refractivity contribution in [1.29, 1.82) is 0 Å². The molecule has 1 aromatic heterocycles. The van der Waals surface area contributed by atoms with Gasteiger partial charge in [0, 0.05) is 22.9 Å². The quantitative estimate of drug-likeness (QED) is 0.893. The number of nitrogens with zero attached hydrogens (tertiary/aromatic N) is 1. The second kappa shape index (κ2) is 6.41. The first kappa shape index (κ1) is 15.4. The van der Waals surface area contributed by atoms with Crippen molar-refractivity contribution in [3.8, 4) is 22.8 Å². The number of nitrogens with one attached hydrogen (secondary N) is 1. The lowest BCUT2D eigenvalue weighted by Gasteiger charge is -2.25. The summed E-state index contributed by atoms with van der Waals surface area (Å²) in [6.07, 6.45) is 3.68. The molecule has 0 bridgehead atoms. The lowest BCUT2D eigenvalue weighted by atomic mass is 9.86. The molecule has 4 rings (SSSR count). The fourth-order valence-electron chi connectivity index (χ4n) is 3.19. The van der Waals surface area contributed by atoms with Crippen molar-refractivity contribution in [2.24, 2.45) is 11.7 Å². The summed E-state index contributed by atoms with van der Waals surface area (Å²) in [4.78, 5) is 16.9. The Morgan fingerprint density at radius 3 is 3.04 bits per heavy atom. The first-order chi connectivity index (χ1) is 11.7. The monoisotopic (exact) mass is 345 g/mol. The number of ether oxygens (including phenoxy) is 2. The van der Waals surface area contributed by atoms with Gasteiger partial charge in [-0.25, -0.2) is 4.98 Å². The number of anilines is 1. The van der Waals surface area contributed by atoms with Gasteiger partial charge in [0.25, 0.3) is 0 Å². The van der Waals surface area contributed by atoms with Gasteiger partial charge in [-0.3, -0.25) is 4.79 Å². The lowest BCUT2D eigenvalue weighted by molar-refractivity contribution is -0.120. The number of amides is 1. The third-order valence-electron chi connectivity index (χ3n) is 4.49. The number of thiazole rings is 1. The van der Waals surface area contributed by atoms with Gasteiger partial charge < -0.3 is 20.5 Å². The molecule has 2 atom stereocenters. The number of hydrogen-bond donors (Lipinski definition) is 2. The van der Waals surface area contributed by atoms with Gasteiger partial charge in [-0.05, 0) is 37.5 Å². The Balaban J connectivity index is 1.46. The van der Waals surface area contributed by atoms with Gasteiger partial charge in [0.05, 0.1) is 5.69 Å². The molecule has 6 nitrogen and oxygen atoms in total. The largest absolute Gasteiger partial charge is 0.454 e. The summed E-state index contributed by atoms with van der Waals surface area (Å²) in [6, 6.07) is 5.85. The zero-order valence-electron chi connectivity index (χ0n) is 13.2. The number of rotatable bonds is 3. The highest BCUT2D eigenvalue weighted by atomic mass is 32.1. The van der Waals surface area contributed by atoms with E-state index in [9.17, 15) is 4.79 Å². The average Bonchev–Trinajstić information content (AvgIpc) is 3.23. The van der Waals surface area contributed by atoms with E-state index in [2.05, 4.69) is 10.3 Å². The van der Waals surface area contributed by atoms with Crippen molar-refractivity contribution >= 4 is 22.4 Å². The SMILES string of the molecule is NC1CCCC(C(=O)Nc2nc(-c3ccc4c(c3)OCO4)cs2)C1. The maximum atomic E-state index is 12.4. The van der Waals surface area contributed by atoms with Crippen LogP contribution in [0.1, 0.15) is 25.7 Å². The number of aromatic nitrogens is 1. The maximum Gasteiger partial charge on any atom is 0.231 e. The van der Waals surface area contributed by atoms with Gasteiger partial charge in [-0.2, -0.15) is 0 Å². The summed E-state index contributed by atoms with van der Waals surface area (Å²) < 4.78 is 10.7. The van der Waals surface area contributed by atoms with Crippen LogP contribution in [0.2, 0.25) is 0 Å². The Morgan fingerprint density at radius 2 is 2.17 bits per heavy atom. The van der Waals surface area contributed by atoms with E-state index in [1.165, 1.54) is 11.3 Å². The molecule has 2 aliphatic rings. The first-order valence-electron chi connectivity index (χ1n) is 8.11. The molecule has 0 spiro atoms. The van der Waals surface area contributed by atoms with Crippen LogP contribution in [0.3, 0.4) is 0 Å². The van der Waals surface area contributed by atoms with Gasteiger partial charge in [0.15, 0.2) is 16.6 Å². The molecule has 1 aliphatic carbocycles. The average molecular weight is 345 g/mol. The van der Waals surface area contributed by atoms with E-state index in [-0.39, 0.29) is 24.7 Å². The summed E-state index contributed by atoms with van der Waals surface area (Å²) in [6.45, 7) is 0.251. The highest BCUT2D eigenvalue weighted by Gasteiger charge is 2.26. The summed E-state index contributed by atoms with van der Waals surface area (Å²) in [5, 5.41) is 5.48. The molecule has 3 N–H and O–H groups in total. The van der Waals surface area contributed by atoms with E-state index in [1.807, 2.05) is 23.6 Å². The molecule has 1 aliphatic heterocycles. The Kier molecular flexibility index (Phi) is 4.12. The number of hydrogen-bond acceptors (Lipinski definition) is 6. The molecule has 2 heterocycles. The molecule has 0 radical (unpaired) electrons. The lowest BCUT2D eigenvalue weighted by Crippen LogP contribution is -2.34. The van der Waals surface area contributed by atoms with Crippen LogP contribution in [0.15, 0.2) is 23.6 Å². The number of carbonyl (C=O) groups excluding carboxylic acids is 1. The van der Waals surface area contributed by atoms with Crippen molar-refractivity contribution in [3.05, 3.63) is 23.6 Å². The van der Waals surface area contributed by atoms with E-state index in [4.69, 9.17) is 15.2 Å². The van der Waals surface area contributed by atoms with E-state index in [0.29, 0.717) is 5.13 Å². The molecule has 1 amide bonds. The number of fused-ring (bicyclic) bond motifs is 1. The summed E-state index contributed by atoms with van der Waals surface area (Å²) >= 11 is 1.42. The molecule has 1 aromatic carbocycles. The summed E-state index contributed by atoms with van der Waals surface area (Å²) in [7, 11) is 0. The van der Waals surface area contributed by atoms with Gasteiger partial charge in [-0.15, -0.1) is 11.3 Å². The number of benzene rings is 1. The molecule has 2 aromatic rings. The standard InChI is InChI=1S/C17H19N3O3S/c18-12-3-1-2-11(6-12)16(21)20-17-19-13(8-24-17)10-4-5-14-15(7-10)23-9-22-14/h4-5,7-8,11-12H,1-3,6,9,18H2,(H,19,20,21). The Bertz CT molecular complexity index is 761. The highest BCUT2D eigenvalue weighted by Crippen LogP contribution is 2.36. The van der Waals surface area contributed by atoms with Crippen molar-refractivity contribution in [3.63, 3.8) is 0 Å². The van der Waals surface area contributed by atoms with Gasteiger partial charge in [0.2, 0.25) is 12.7 Å². The molecular weight excluding hydrogens is 326 g/mol. The third kappa shape index (κ3) is 3.09. The second-order valence-corrected chi connectivity index (χ2v) is 7.08. The Morgan fingerprint density at radius 1 is 1.29 bits per heavy atom. The fraction of sp³-hybridized carbons (Fsp3) is 0.412. The van der Waals surface area contributed by atoms with Crippen LogP contribution in [0.25, 0.3) is 11.3 Å². The highest BCUT2D eigenvalue weighted by molar-refractivity contribution is 7.14. The van der Waals surface area contributed by atoms with Crippen molar-refractivity contribution in [2.75, 3.05) is 12.1 Å². The van der Waals surface area contributed by atoms with Gasteiger partial charge in [-0.1, -0.05) is 6.42 Å². The van der Waals surface area contributed by atoms with Crippen LogP contribution < -0.4 is 20.5 Å². The van der Waals surface area contributed by atoms with E-state index in [1.54, 1.807) is 0 Å². The zero-order valence-corrected chi connectivity index (χ0v) is 14.0. The molecule has 0 saturated heterocycles. The normalized spacial score (nSPS) is 22.4. The summed E-state index contributed by atoms with van der Waals surface area (Å²) in [5.41, 5.74) is 7.72. The minimum atomic E-state index is -0.00774. The van der Waals surface area contributed by atoms with Crippen molar-refractivity contribution in [2.45, 2.75) is 31.7 Å². The Hall–Kier alpha value is -2.12. The van der Waals surface area contributed by atoms with Gasteiger partial charge >= 0.3 is 0 Å². The van der Waals surface area contributed by atoms with Crippen molar-refractivity contribution in [1.82, 2.24) is 4.98 Å². The van der Waals surface area contributed by atoms with Crippen LogP contribution in [0.5, 0.6) is 11.5 Å². The predicted molar refractivity (Wildman–Crippen MR) is 92.2 cm³/mol. The molecular formula is C17H19N3O3S. The van der Waals surface area contributed by atoms with E-state index >= 15 is 0 Å². The van der Waals surface area contributed by atoms with Crippen molar-refractivity contribution < 1.29 is 14.3 Å².